The van der Waals surface area contributed by atoms with Gasteiger partial charge in [0, 0.05) is 16.8 Å². The third-order valence-corrected chi connectivity index (χ3v) is 4.26. The third kappa shape index (κ3) is 2.10. The van der Waals surface area contributed by atoms with E-state index in [4.69, 9.17) is 4.74 Å². The Bertz CT molecular complexity index is 845. The van der Waals surface area contributed by atoms with Gasteiger partial charge in [-0.15, -0.1) is 0 Å². The molecule has 1 aliphatic rings. The maximum Gasteiger partial charge on any atom is 0.168 e. The Labute approximate surface area is 128 Å². The fourth-order valence-electron chi connectivity index (χ4n) is 2.92. The number of nitrogens with one attached hydrogen (secondary N) is 1. The number of ketones is 1. The Balaban J connectivity index is 1.98. The van der Waals surface area contributed by atoms with Crippen molar-refractivity contribution in [3.8, 4) is 17.0 Å². The third-order valence-electron chi connectivity index (χ3n) is 4.26. The number of fused-ring (bicyclic) bond motifs is 1. The van der Waals surface area contributed by atoms with Crippen LogP contribution in [0.25, 0.3) is 22.2 Å². The lowest BCUT2D eigenvalue weighted by Gasteiger charge is -2.04. The zero-order chi connectivity index (χ0) is 15.1. The molecule has 3 nitrogen and oxygen atoms in total. The van der Waals surface area contributed by atoms with Gasteiger partial charge in [0.05, 0.1) is 18.4 Å². The topological polar surface area (TPSA) is 42.1 Å². The molecule has 3 aromatic rings. The van der Waals surface area contributed by atoms with Crippen LogP contribution in [0.15, 0.2) is 48.5 Å². The van der Waals surface area contributed by atoms with Crippen molar-refractivity contribution in [1.82, 2.24) is 4.98 Å². The van der Waals surface area contributed by atoms with Gasteiger partial charge in [-0.1, -0.05) is 30.3 Å². The van der Waals surface area contributed by atoms with E-state index in [2.05, 4.69) is 4.98 Å². The molecule has 3 heteroatoms. The van der Waals surface area contributed by atoms with Crippen LogP contribution in [-0.2, 0) is 0 Å². The number of aromatic amines is 1. The Kier molecular flexibility index (Phi) is 3.00. The fraction of sp³-hybridized carbons (Fsp3) is 0.211. The summed E-state index contributed by atoms with van der Waals surface area (Å²) in [6, 6.07) is 15.9. The van der Waals surface area contributed by atoms with E-state index in [0.29, 0.717) is 0 Å². The van der Waals surface area contributed by atoms with Crippen molar-refractivity contribution in [2.75, 3.05) is 7.11 Å². The maximum absolute atomic E-state index is 12.8. The standard InChI is InChI=1S/C19H17NO2/c1-22-14-9-10-16-15(11-14)17(19(21)13-7-8-13)18(20-16)12-5-3-2-4-6-12/h2-6,9-11,13,20H,7-8H2,1H3. The van der Waals surface area contributed by atoms with Crippen molar-refractivity contribution in [1.29, 1.82) is 0 Å². The molecule has 0 atom stereocenters. The molecule has 0 aliphatic heterocycles. The van der Waals surface area contributed by atoms with E-state index in [1.165, 1.54) is 0 Å². The number of Topliss-reactive ketones (excluding diaryl/α,β-unsaturated/α-hetero) is 1. The average molecular weight is 291 g/mol. The lowest BCUT2D eigenvalue weighted by Crippen LogP contribution is -2.02. The molecule has 4 rings (SSSR count). The number of aromatic nitrogens is 1. The van der Waals surface area contributed by atoms with Crippen molar-refractivity contribution in [3.05, 3.63) is 54.1 Å². The summed E-state index contributed by atoms with van der Waals surface area (Å²) < 4.78 is 5.32. The van der Waals surface area contributed by atoms with Crippen LogP contribution >= 0.6 is 0 Å². The summed E-state index contributed by atoms with van der Waals surface area (Å²) in [6.07, 6.45) is 2.01. The monoisotopic (exact) mass is 291 g/mol. The predicted molar refractivity (Wildman–Crippen MR) is 87.3 cm³/mol. The highest BCUT2D eigenvalue weighted by Crippen LogP contribution is 2.39. The molecule has 1 saturated carbocycles. The molecule has 0 bridgehead atoms. The van der Waals surface area contributed by atoms with Gasteiger partial charge in [-0.3, -0.25) is 4.79 Å². The summed E-state index contributed by atoms with van der Waals surface area (Å²) >= 11 is 0. The molecule has 0 amide bonds. The van der Waals surface area contributed by atoms with Crippen molar-refractivity contribution in [2.24, 2.45) is 5.92 Å². The second-order valence-electron chi connectivity index (χ2n) is 5.79. The zero-order valence-corrected chi connectivity index (χ0v) is 12.4. The molecule has 0 radical (unpaired) electrons. The second kappa shape index (κ2) is 5.02. The van der Waals surface area contributed by atoms with Crippen LogP contribution in [0, 0.1) is 5.92 Å². The summed E-state index contributed by atoms with van der Waals surface area (Å²) in [4.78, 5) is 16.2. The zero-order valence-electron chi connectivity index (χ0n) is 12.4. The van der Waals surface area contributed by atoms with E-state index in [-0.39, 0.29) is 11.7 Å². The quantitative estimate of drug-likeness (QED) is 0.722. The first-order valence-corrected chi connectivity index (χ1v) is 7.57. The fourth-order valence-corrected chi connectivity index (χ4v) is 2.92. The number of rotatable bonds is 4. The maximum atomic E-state index is 12.8. The lowest BCUT2D eigenvalue weighted by atomic mass is 9.99. The molecule has 1 heterocycles. The molecule has 0 spiro atoms. The number of carbonyl (C=O) groups excluding carboxylic acids is 1. The molecular weight excluding hydrogens is 274 g/mol. The van der Waals surface area contributed by atoms with E-state index >= 15 is 0 Å². The highest BCUT2D eigenvalue weighted by atomic mass is 16.5. The van der Waals surface area contributed by atoms with Crippen LogP contribution < -0.4 is 4.74 Å². The number of H-pyrrole nitrogens is 1. The van der Waals surface area contributed by atoms with Crippen molar-refractivity contribution < 1.29 is 9.53 Å². The smallest absolute Gasteiger partial charge is 0.168 e. The number of ether oxygens (including phenoxy) is 1. The molecule has 1 aliphatic carbocycles. The molecule has 22 heavy (non-hydrogen) atoms. The molecule has 2 aromatic carbocycles. The molecule has 1 aromatic heterocycles. The van der Waals surface area contributed by atoms with Crippen molar-refractivity contribution in [2.45, 2.75) is 12.8 Å². The van der Waals surface area contributed by atoms with Crippen molar-refractivity contribution in [3.63, 3.8) is 0 Å². The summed E-state index contributed by atoms with van der Waals surface area (Å²) in [6.45, 7) is 0. The minimum absolute atomic E-state index is 0.188. The summed E-state index contributed by atoms with van der Waals surface area (Å²) in [5.74, 6) is 1.21. The lowest BCUT2D eigenvalue weighted by molar-refractivity contribution is 0.0970. The number of carbonyl (C=O) groups is 1. The van der Waals surface area contributed by atoms with Gasteiger partial charge in [0.25, 0.3) is 0 Å². The number of methoxy groups -OCH3 is 1. The molecule has 1 fully saturated rings. The van der Waals surface area contributed by atoms with Gasteiger partial charge in [0.2, 0.25) is 0 Å². The minimum Gasteiger partial charge on any atom is -0.497 e. The van der Waals surface area contributed by atoms with E-state index in [1.807, 2.05) is 48.5 Å². The number of hydrogen-bond acceptors (Lipinski definition) is 2. The number of benzene rings is 2. The molecular formula is C19H17NO2. The van der Waals surface area contributed by atoms with Gasteiger partial charge in [-0.05, 0) is 36.6 Å². The Hall–Kier alpha value is -2.55. The van der Waals surface area contributed by atoms with Crippen LogP contribution in [0.5, 0.6) is 5.75 Å². The minimum atomic E-state index is 0.188. The predicted octanol–water partition coefficient (Wildman–Crippen LogP) is 4.44. The van der Waals surface area contributed by atoms with Gasteiger partial charge in [0.1, 0.15) is 5.75 Å². The van der Waals surface area contributed by atoms with E-state index < -0.39 is 0 Å². The van der Waals surface area contributed by atoms with Crippen LogP contribution in [-0.4, -0.2) is 17.9 Å². The SMILES string of the molecule is COc1ccc2[nH]c(-c3ccccc3)c(C(=O)C3CC3)c2c1. The molecule has 1 N–H and O–H groups in total. The van der Waals surface area contributed by atoms with Gasteiger partial charge in [0.15, 0.2) is 5.78 Å². The van der Waals surface area contributed by atoms with Gasteiger partial charge in [-0.25, -0.2) is 0 Å². The first-order chi connectivity index (χ1) is 10.8. The highest BCUT2D eigenvalue weighted by Gasteiger charge is 2.34. The first-order valence-electron chi connectivity index (χ1n) is 7.57. The number of hydrogen-bond donors (Lipinski definition) is 1. The summed E-state index contributed by atoms with van der Waals surface area (Å²) in [5.41, 5.74) is 3.74. The molecule has 0 unspecified atom stereocenters. The van der Waals surface area contributed by atoms with E-state index in [0.717, 1.165) is 46.3 Å². The summed E-state index contributed by atoms with van der Waals surface area (Å²) in [5, 5.41) is 0.954. The summed E-state index contributed by atoms with van der Waals surface area (Å²) in [7, 11) is 1.65. The van der Waals surface area contributed by atoms with Crippen LogP contribution in [0.2, 0.25) is 0 Å². The highest BCUT2D eigenvalue weighted by molar-refractivity contribution is 6.15. The van der Waals surface area contributed by atoms with Gasteiger partial charge in [-0.2, -0.15) is 0 Å². The van der Waals surface area contributed by atoms with Crippen LogP contribution in [0.3, 0.4) is 0 Å². The van der Waals surface area contributed by atoms with E-state index in [1.54, 1.807) is 7.11 Å². The Morgan fingerprint density at radius 2 is 1.91 bits per heavy atom. The first kappa shape index (κ1) is 13.1. The second-order valence-corrected chi connectivity index (χ2v) is 5.79. The van der Waals surface area contributed by atoms with Gasteiger partial charge < -0.3 is 9.72 Å². The van der Waals surface area contributed by atoms with Crippen LogP contribution in [0.1, 0.15) is 23.2 Å². The van der Waals surface area contributed by atoms with Gasteiger partial charge >= 0.3 is 0 Å². The average Bonchev–Trinajstić information content (AvgIpc) is 3.35. The molecule has 0 saturated heterocycles. The van der Waals surface area contributed by atoms with Crippen LogP contribution in [0.4, 0.5) is 0 Å². The van der Waals surface area contributed by atoms with Crippen molar-refractivity contribution >= 4 is 16.7 Å². The molecule has 110 valence electrons. The normalized spacial score (nSPS) is 14.2. The Morgan fingerprint density at radius 1 is 1.14 bits per heavy atom. The van der Waals surface area contributed by atoms with E-state index in [9.17, 15) is 4.79 Å². The Morgan fingerprint density at radius 3 is 2.59 bits per heavy atom. The largest absolute Gasteiger partial charge is 0.497 e.